The van der Waals surface area contributed by atoms with Gasteiger partial charge in [-0.2, -0.15) is 0 Å². The number of hydrogen-bond donors (Lipinski definition) is 1. The van der Waals surface area contributed by atoms with Gasteiger partial charge in [0, 0.05) is 20.2 Å². The molecular weight excluding hydrogens is 246 g/mol. The molecule has 3 rings (SSSR count). The first-order valence-corrected chi connectivity index (χ1v) is 8.89. The molecule has 0 amide bonds. The van der Waals surface area contributed by atoms with Crippen molar-refractivity contribution in [3.8, 4) is 0 Å². The van der Waals surface area contributed by atoms with Gasteiger partial charge in [0.05, 0.1) is 6.10 Å². The Hall–Kier alpha value is -0.0800. The molecule has 0 atom stereocenters. The van der Waals surface area contributed by atoms with Crippen LogP contribution in [0.3, 0.4) is 0 Å². The van der Waals surface area contributed by atoms with Crippen molar-refractivity contribution in [3.63, 3.8) is 0 Å². The third kappa shape index (κ3) is 4.46. The molecule has 0 aromatic heterocycles. The zero-order valence-electron chi connectivity index (χ0n) is 13.9. The van der Waals surface area contributed by atoms with Crippen molar-refractivity contribution >= 4 is 0 Å². The van der Waals surface area contributed by atoms with Crippen LogP contribution in [0, 0.1) is 17.3 Å². The molecule has 2 saturated carbocycles. The summed E-state index contributed by atoms with van der Waals surface area (Å²) in [5, 5.41) is 3.36. The quantitative estimate of drug-likeness (QED) is 0.810. The topological polar surface area (TPSA) is 21.3 Å². The number of nitrogens with one attached hydrogen (secondary N) is 1. The molecule has 2 heteroatoms. The van der Waals surface area contributed by atoms with Crippen LogP contribution in [-0.4, -0.2) is 26.3 Å². The molecule has 0 aromatic carbocycles. The smallest absolute Gasteiger partial charge is 0.0571 e. The number of methoxy groups -OCH3 is 1. The van der Waals surface area contributed by atoms with Gasteiger partial charge in [0.15, 0.2) is 0 Å². The van der Waals surface area contributed by atoms with E-state index in [-0.39, 0.29) is 0 Å². The highest BCUT2D eigenvalue weighted by Crippen LogP contribution is 2.39. The first kappa shape index (κ1) is 16.3. The van der Waals surface area contributed by atoms with E-state index < -0.39 is 0 Å². The Balaban J connectivity index is 0.000000151. The van der Waals surface area contributed by atoms with Crippen LogP contribution in [0.2, 0.25) is 0 Å². The zero-order valence-corrected chi connectivity index (χ0v) is 13.9. The lowest BCUT2D eigenvalue weighted by molar-refractivity contribution is 0.00494. The van der Waals surface area contributed by atoms with E-state index >= 15 is 0 Å². The van der Waals surface area contributed by atoms with Gasteiger partial charge in [0.2, 0.25) is 0 Å². The Morgan fingerprint density at radius 3 is 1.90 bits per heavy atom. The van der Waals surface area contributed by atoms with E-state index in [4.69, 9.17) is 4.74 Å². The predicted molar refractivity (Wildman–Crippen MR) is 86.0 cm³/mol. The average molecular weight is 281 g/mol. The molecule has 3 fully saturated rings. The predicted octanol–water partition coefficient (Wildman–Crippen LogP) is 4.39. The standard InChI is InChI=1S/C9H17NO.C9H18/c1-11-8-2-4-9(5-3-8)6-10-7-9;1-8(2)9-6-4-3-5-7-9/h8,10H,2-7H2,1H3;8-9H,3-7H2,1-2H3. The SMILES string of the molecule is CC(C)C1CCCCC1.COC1CCC2(CC1)CNC2. The van der Waals surface area contributed by atoms with Gasteiger partial charge in [-0.05, 0) is 42.9 Å². The van der Waals surface area contributed by atoms with Crippen LogP contribution in [-0.2, 0) is 4.74 Å². The van der Waals surface area contributed by atoms with Crippen LogP contribution < -0.4 is 5.32 Å². The highest BCUT2D eigenvalue weighted by molar-refractivity contribution is 4.95. The summed E-state index contributed by atoms with van der Waals surface area (Å²) in [6.45, 7) is 7.22. The van der Waals surface area contributed by atoms with Crippen LogP contribution in [0.5, 0.6) is 0 Å². The van der Waals surface area contributed by atoms with Gasteiger partial charge >= 0.3 is 0 Å². The molecule has 20 heavy (non-hydrogen) atoms. The van der Waals surface area contributed by atoms with Crippen molar-refractivity contribution in [2.75, 3.05) is 20.2 Å². The molecule has 118 valence electrons. The van der Waals surface area contributed by atoms with E-state index in [1.165, 1.54) is 70.9 Å². The van der Waals surface area contributed by atoms with E-state index in [1.54, 1.807) is 0 Å². The molecule has 3 aliphatic rings. The Bertz CT molecular complexity index is 257. The molecule has 2 aliphatic carbocycles. The summed E-state index contributed by atoms with van der Waals surface area (Å²) in [5.74, 6) is 1.99. The van der Waals surface area contributed by atoms with E-state index in [0.717, 1.165) is 11.8 Å². The van der Waals surface area contributed by atoms with Gasteiger partial charge < -0.3 is 10.1 Å². The maximum atomic E-state index is 5.33. The van der Waals surface area contributed by atoms with Crippen molar-refractivity contribution in [1.29, 1.82) is 0 Å². The monoisotopic (exact) mass is 281 g/mol. The first-order chi connectivity index (χ1) is 9.65. The summed E-state index contributed by atoms with van der Waals surface area (Å²) < 4.78 is 5.33. The maximum Gasteiger partial charge on any atom is 0.0571 e. The molecule has 0 aromatic rings. The fraction of sp³-hybridized carbons (Fsp3) is 1.00. The minimum absolute atomic E-state index is 0.557. The van der Waals surface area contributed by atoms with Crippen LogP contribution >= 0.6 is 0 Å². The lowest BCUT2D eigenvalue weighted by Gasteiger charge is -2.47. The normalized spacial score (nSPS) is 27.0. The second kappa shape index (κ2) is 7.79. The Kier molecular flexibility index (Phi) is 6.35. The van der Waals surface area contributed by atoms with Crippen molar-refractivity contribution in [3.05, 3.63) is 0 Å². The van der Waals surface area contributed by atoms with Crippen molar-refractivity contribution in [2.45, 2.75) is 77.7 Å². The molecule has 1 saturated heterocycles. The fourth-order valence-electron chi connectivity index (χ4n) is 4.07. The molecule has 0 bridgehead atoms. The van der Waals surface area contributed by atoms with Gasteiger partial charge in [-0.15, -0.1) is 0 Å². The first-order valence-electron chi connectivity index (χ1n) is 8.89. The van der Waals surface area contributed by atoms with Gasteiger partial charge in [0.1, 0.15) is 0 Å². The lowest BCUT2D eigenvalue weighted by atomic mass is 9.69. The molecule has 0 unspecified atom stereocenters. The van der Waals surface area contributed by atoms with Crippen LogP contribution in [0.4, 0.5) is 0 Å². The van der Waals surface area contributed by atoms with Crippen LogP contribution in [0.15, 0.2) is 0 Å². The third-order valence-corrected chi connectivity index (χ3v) is 5.92. The maximum absolute atomic E-state index is 5.33. The van der Waals surface area contributed by atoms with E-state index in [9.17, 15) is 0 Å². The number of hydrogen-bond acceptors (Lipinski definition) is 2. The highest BCUT2D eigenvalue weighted by Gasteiger charge is 2.39. The summed E-state index contributed by atoms with van der Waals surface area (Å²) in [6, 6.07) is 0. The summed E-state index contributed by atoms with van der Waals surface area (Å²) in [4.78, 5) is 0. The van der Waals surface area contributed by atoms with E-state index in [0.29, 0.717) is 11.5 Å². The molecule has 2 nitrogen and oxygen atoms in total. The molecular formula is C18H35NO. The Morgan fingerprint density at radius 1 is 0.950 bits per heavy atom. The summed E-state index contributed by atoms with van der Waals surface area (Å²) in [7, 11) is 1.84. The molecule has 1 aliphatic heterocycles. The minimum Gasteiger partial charge on any atom is -0.381 e. The Labute approximate surface area is 126 Å². The second-order valence-electron chi connectivity index (χ2n) is 7.68. The van der Waals surface area contributed by atoms with Crippen molar-refractivity contribution < 1.29 is 4.74 Å². The number of rotatable bonds is 2. The zero-order chi connectivity index (χ0) is 14.4. The highest BCUT2D eigenvalue weighted by atomic mass is 16.5. The van der Waals surface area contributed by atoms with Gasteiger partial charge in [-0.25, -0.2) is 0 Å². The van der Waals surface area contributed by atoms with Crippen molar-refractivity contribution in [1.82, 2.24) is 5.32 Å². The third-order valence-electron chi connectivity index (χ3n) is 5.92. The van der Waals surface area contributed by atoms with Gasteiger partial charge in [-0.1, -0.05) is 46.0 Å². The van der Waals surface area contributed by atoms with Gasteiger partial charge in [0.25, 0.3) is 0 Å². The average Bonchev–Trinajstić information content (AvgIpc) is 2.47. The van der Waals surface area contributed by atoms with E-state index in [1.807, 2.05) is 7.11 Å². The summed E-state index contributed by atoms with van der Waals surface area (Å²) in [6.07, 6.45) is 13.3. The summed E-state index contributed by atoms with van der Waals surface area (Å²) in [5.41, 5.74) is 0.690. The number of ether oxygens (including phenoxy) is 1. The summed E-state index contributed by atoms with van der Waals surface area (Å²) >= 11 is 0. The van der Waals surface area contributed by atoms with E-state index in [2.05, 4.69) is 19.2 Å². The second-order valence-corrected chi connectivity index (χ2v) is 7.68. The lowest BCUT2D eigenvalue weighted by Crippen LogP contribution is -2.55. The molecule has 1 heterocycles. The van der Waals surface area contributed by atoms with Crippen molar-refractivity contribution in [2.24, 2.45) is 17.3 Å². The van der Waals surface area contributed by atoms with Crippen LogP contribution in [0.1, 0.15) is 71.6 Å². The largest absolute Gasteiger partial charge is 0.381 e. The molecule has 0 radical (unpaired) electrons. The van der Waals surface area contributed by atoms with Gasteiger partial charge in [-0.3, -0.25) is 0 Å². The minimum atomic E-state index is 0.557. The molecule has 1 N–H and O–H groups in total. The fourth-order valence-corrected chi connectivity index (χ4v) is 4.07. The molecule has 1 spiro atoms. The van der Waals surface area contributed by atoms with Crippen LogP contribution in [0.25, 0.3) is 0 Å². The Morgan fingerprint density at radius 2 is 1.55 bits per heavy atom.